The summed E-state index contributed by atoms with van der Waals surface area (Å²) in [5.74, 6) is 0. The first kappa shape index (κ1) is 19.5. The molecule has 0 spiro atoms. The molecule has 5 aromatic rings. The monoisotopic (exact) mass is 418 g/mol. The second kappa shape index (κ2) is 7.96. The Balaban J connectivity index is 1.94. The van der Waals surface area contributed by atoms with Gasteiger partial charge in [0.1, 0.15) is 0 Å². The lowest BCUT2D eigenvalue weighted by molar-refractivity contribution is 0.914. The van der Waals surface area contributed by atoms with Crippen LogP contribution in [0.15, 0.2) is 114 Å². The molecule has 0 aliphatic rings. The molecule has 0 saturated heterocycles. The third kappa shape index (κ3) is 3.36. The lowest BCUT2D eigenvalue weighted by Crippen LogP contribution is -2.22. The Labute approximate surface area is 185 Å². The first-order valence-electron chi connectivity index (χ1n) is 10.3. The minimum absolute atomic E-state index is 0.169. The molecule has 0 bridgehead atoms. The van der Waals surface area contributed by atoms with E-state index in [0.29, 0.717) is 11.4 Å². The zero-order valence-electron chi connectivity index (χ0n) is 17.3. The summed E-state index contributed by atoms with van der Waals surface area (Å²) in [7, 11) is 0. The van der Waals surface area contributed by atoms with Crippen molar-refractivity contribution in [2.75, 3.05) is 11.5 Å². The second-order valence-electron chi connectivity index (χ2n) is 7.57. The number of rotatable bonds is 4. The molecule has 4 N–H and O–H groups in total. The van der Waals surface area contributed by atoms with E-state index in [9.17, 15) is 4.79 Å². The van der Waals surface area contributed by atoms with E-state index in [1.807, 2.05) is 84.9 Å². The van der Waals surface area contributed by atoms with E-state index < -0.39 is 0 Å². The normalized spacial score (nSPS) is 10.9. The molecular formula is C27H22N4O. The summed E-state index contributed by atoms with van der Waals surface area (Å²) in [6, 6.07) is 34.6. The van der Waals surface area contributed by atoms with Crippen LogP contribution in [0.2, 0.25) is 0 Å². The lowest BCUT2D eigenvalue weighted by Gasteiger charge is -2.12. The van der Waals surface area contributed by atoms with Crippen molar-refractivity contribution >= 4 is 11.4 Å². The highest BCUT2D eigenvalue weighted by atomic mass is 16.1. The van der Waals surface area contributed by atoms with Gasteiger partial charge in [-0.15, -0.1) is 0 Å². The van der Waals surface area contributed by atoms with Gasteiger partial charge >= 0.3 is 5.69 Å². The number of nitrogens with two attached hydrogens (primary N) is 2. The third-order valence-electron chi connectivity index (χ3n) is 5.45. The fraction of sp³-hybridized carbons (Fsp3) is 0. The lowest BCUT2D eigenvalue weighted by atomic mass is 10.0. The molecule has 1 heterocycles. The molecule has 156 valence electrons. The van der Waals surface area contributed by atoms with Crippen molar-refractivity contribution in [3.05, 3.63) is 120 Å². The van der Waals surface area contributed by atoms with Crippen molar-refractivity contribution in [2.45, 2.75) is 0 Å². The van der Waals surface area contributed by atoms with E-state index >= 15 is 0 Å². The van der Waals surface area contributed by atoms with Gasteiger partial charge in [-0.25, -0.2) is 4.79 Å². The Morgan fingerprint density at radius 1 is 0.469 bits per heavy atom. The largest absolute Gasteiger partial charge is 0.399 e. The fourth-order valence-electron chi connectivity index (χ4n) is 3.95. The Hall–Kier alpha value is -4.51. The van der Waals surface area contributed by atoms with Gasteiger partial charge in [-0.2, -0.15) is 0 Å². The maximum absolute atomic E-state index is 14.0. The number of aromatic nitrogens is 2. The SMILES string of the molecule is Nc1ccc(-n2c(-c3ccccc3)c(-c3ccccc3)n(-c3ccc(N)cc3)c2=O)cc1. The van der Waals surface area contributed by atoms with Gasteiger partial charge in [0.05, 0.1) is 22.8 Å². The summed E-state index contributed by atoms with van der Waals surface area (Å²) in [6.45, 7) is 0. The molecule has 5 heteroatoms. The van der Waals surface area contributed by atoms with E-state index in [1.165, 1.54) is 0 Å². The van der Waals surface area contributed by atoms with Gasteiger partial charge < -0.3 is 11.5 Å². The number of benzene rings is 4. The van der Waals surface area contributed by atoms with Gasteiger partial charge in [0.15, 0.2) is 0 Å². The van der Waals surface area contributed by atoms with Crippen molar-refractivity contribution in [2.24, 2.45) is 0 Å². The zero-order chi connectivity index (χ0) is 22.1. The summed E-state index contributed by atoms with van der Waals surface area (Å²) in [5, 5.41) is 0. The number of nitrogens with zero attached hydrogens (tertiary/aromatic N) is 2. The van der Waals surface area contributed by atoms with E-state index in [1.54, 1.807) is 33.4 Å². The molecule has 0 amide bonds. The van der Waals surface area contributed by atoms with E-state index in [0.717, 1.165) is 33.9 Å². The van der Waals surface area contributed by atoms with Gasteiger partial charge in [0, 0.05) is 22.5 Å². The molecule has 32 heavy (non-hydrogen) atoms. The Morgan fingerprint density at radius 3 is 1.16 bits per heavy atom. The Morgan fingerprint density at radius 2 is 0.812 bits per heavy atom. The summed E-state index contributed by atoms with van der Waals surface area (Å²) >= 11 is 0. The summed E-state index contributed by atoms with van der Waals surface area (Å²) in [4.78, 5) is 14.0. The van der Waals surface area contributed by atoms with Crippen molar-refractivity contribution in [1.29, 1.82) is 0 Å². The summed E-state index contributed by atoms with van der Waals surface area (Å²) in [5.41, 5.74) is 17.9. The maximum atomic E-state index is 14.0. The second-order valence-corrected chi connectivity index (χ2v) is 7.57. The molecule has 0 radical (unpaired) electrons. The van der Waals surface area contributed by atoms with Crippen LogP contribution in [-0.2, 0) is 0 Å². The van der Waals surface area contributed by atoms with Crippen molar-refractivity contribution in [1.82, 2.24) is 9.13 Å². The minimum Gasteiger partial charge on any atom is -0.399 e. The van der Waals surface area contributed by atoms with E-state index in [2.05, 4.69) is 0 Å². The van der Waals surface area contributed by atoms with Gasteiger partial charge in [-0.1, -0.05) is 60.7 Å². The van der Waals surface area contributed by atoms with Gasteiger partial charge in [0.25, 0.3) is 0 Å². The summed E-state index contributed by atoms with van der Waals surface area (Å²) in [6.07, 6.45) is 0. The quantitative estimate of drug-likeness (QED) is 0.397. The van der Waals surface area contributed by atoms with Crippen LogP contribution < -0.4 is 17.2 Å². The zero-order valence-corrected chi connectivity index (χ0v) is 17.3. The third-order valence-corrected chi connectivity index (χ3v) is 5.45. The molecule has 5 nitrogen and oxygen atoms in total. The molecule has 0 saturated carbocycles. The molecule has 0 fully saturated rings. The number of nitrogen functional groups attached to an aromatic ring is 2. The highest BCUT2D eigenvalue weighted by Gasteiger charge is 2.24. The highest BCUT2D eigenvalue weighted by Crippen LogP contribution is 2.35. The van der Waals surface area contributed by atoms with Gasteiger partial charge in [-0.05, 0) is 48.5 Å². The highest BCUT2D eigenvalue weighted by molar-refractivity contribution is 5.82. The molecule has 1 aromatic heterocycles. The Kier molecular flexibility index (Phi) is 4.84. The molecule has 0 aliphatic heterocycles. The smallest absolute Gasteiger partial charge is 0.338 e. The molecule has 0 unspecified atom stereocenters. The number of imidazole rings is 1. The van der Waals surface area contributed by atoms with E-state index in [-0.39, 0.29) is 5.69 Å². The van der Waals surface area contributed by atoms with Gasteiger partial charge in [-0.3, -0.25) is 9.13 Å². The fourth-order valence-corrected chi connectivity index (χ4v) is 3.95. The van der Waals surface area contributed by atoms with Crippen LogP contribution in [0.5, 0.6) is 0 Å². The molecule has 0 atom stereocenters. The molecule has 0 aliphatic carbocycles. The maximum Gasteiger partial charge on any atom is 0.338 e. The van der Waals surface area contributed by atoms with Crippen LogP contribution >= 0.6 is 0 Å². The molecule has 4 aromatic carbocycles. The van der Waals surface area contributed by atoms with Gasteiger partial charge in [0.2, 0.25) is 0 Å². The van der Waals surface area contributed by atoms with Crippen molar-refractivity contribution in [3.8, 4) is 33.9 Å². The van der Waals surface area contributed by atoms with E-state index in [4.69, 9.17) is 11.5 Å². The Bertz CT molecular complexity index is 1310. The van der Waals surface area contributed by atoms with Crippen molar-refractivity contribution < 1.29 is 0 Å². The number of anilines is 2. The first-order chi connectivity index (χ1) is 15.6. The summed E-state index contributed by atoms with van der Waals surface area (Å²) < 4.78 is 3.49. The van der Waals surface area contributed by atoms with Crippen LogP contribution in [0.3, 0.4) is 0 Å². The first-order valence-corrected chi connectivity index (χ1v) is 10.3. The van der Waals surface area contributed by atoms with Crippen LogP contribution in [-0.4, -0.2) is 9.13 Å². The van der Waals surface area contributed by atoms with Crippen LogP contribution in [0, 0.1) is 0 Å². The van der Waals surface area contributed by atoms with Crippen molar-refractivity contribution in [3.63, 3.8) is 0 Å². The van der Waals surface area contributed by atoms with Crippen LogP contribution in [0.4, 0.5) is 11.4 Å². The predicted octanol–water partition coefficient (Wildman–Crippen LogP) is 5.13. The average Bonchev–Trinajstić information content (AvgIpc) is 3.14. The predicted molar refractivity (Wildman–Crippen MR) is 131 cm³/mol. The van der Waals surface area contributed by atoms with Crippen LogP contribution in [0.1, 0.15) is 0 Å². The standard InChI is InChI=1S/C27H22N4O/c28-21-11-15-23(16-12-21)30-25(19-7-3-1-4-8-19)26(20-9-5-2-6-10-20)31(27(30)32)24-17-13-22(29)14-18-24/h1-18H,28-29H2. The number of hydrogen-bond acceptors (Lipinski definition) is 3. The molecular weight excluding hydrogens is 396 g/mol. The minimum atomic E-state index is -0.169. The van der Waals surface area contributed by atoms with Crippen LogP contribution in [0.25, 0.3) is 33.9 Å². The molecule has 5 rings (SSSR count). The topological polar surface area (TPSA) is 79.0 Å². The number of hydrogen-bond donors (Lipinski definition) is 2. The average molecular weight is 419 g/mol.